The van der Waals surface area contributed by atoms with Crippen molar-refractivity contribution in [2.75, 3.05) is 32.7 Å². The number of anilines is 1. The summed E-state index contributed by atoms with van der Waals surface area (Å²) in [5, 5.41) is 6.18. The third-order valence-corrected chi connectivity index (χ3v) is 5.37. The van der Waals surface area contributed by atoms with Crippen LogP contribution < -0.4 is 20.1 Å². The van der Waals surface area contributed by atoms with Crippen molar-refractivity contribution in [3.05, 3.63) is 66.0 Å². The Kier molecular flexibility index (Phi) is 9.62. The molecular weight excluding hydrogens is 460 g/mol. The van der Waals surface area contributed by atoms with Crippen LogP contribution in [0.3, 0.4) is 0 Å². The summed E-state index contributed by atoms with van der Waals surface area (Å²) in [6.45, 7) is 4.08. The largest absolute Gasteiger partial charge is 0.497 e. The van der Waals surface area contributed by atoms with Crippen LogP contribution in [0, 0.1) is 6.92 Å². The molecule has 9 heteroatoms. The van der Waals surface area contributed by atoms with Crippen LogP contribution in [-0.2, 0) is 14.3 Å². The van der Waals surface area contributed by atoms with Gasteiger partial charge < -0.3 is 24.8 Å². The van der Waals surface area contributed by atoms with E-state index in [2.05, 4.69) is 20.6 Å². The molecule has 0 radical (unpaired) electrons. The molecule has 190 valence electrons. The zero-order valence-electron chi connectivity index (χ0n) is 21.0. The van der Waals surface area contributed by atoms with Gasteiger partial charge in [-0.25, -0.2) is 9.97 Å². The standard InChI is InChI=1S/C27H32N4O5/c1-5-36-27(33)12-13-28-26(32)17-24(20-9-7-11-22(15-20)35-4)31-25-16-23(29-18(2)30-25)19-8-6-10-21(14-19)34-3/h6-11,14-16,24H,5,12-13,17H2,1-4H3,(H,28,32)(H,29,30,31). The highest BCUT2D eigenvalue weighted by molar-refractivity contribution is 5.78. The Labute approximate surface area is 211 Å². The van der Waals surface area contributed by atoms with Gasteiger partial charge >= 0.3 is 5.97 Å². The Morgan fingerprint density at radius 1 is 0.972 bits per heavy atom. The van der Waals surface area contributed by atoms with Crippen LogP contribution in [-0.4, -0.2) is 49.2 Å². The minimum atomic E-state index is -0.407. The number of methoxy groups -OCH3 is 2. The third kappa shape index (κ3) is 7.69. The molecule has 0 aliphatic heterocycles. The Bertz CT molecular complexity index is 1180. The zero-order valence-corrected chi connectivity index (χ0v) is 21.0. The van der Waals surface area contributed by atoms with Gasteiger partial charge in [0.25, 0.3) is 0 Å². The Balaban J connectivity index is 1.82. The van der Waals surface area contributed by atoms with Gasteiger partial charge in [-0.15, -0.1) is 0 Å². The molecule has 3 aromatic rings. The third-order valence-electron chi connectivity index (χ3n) is 5.37. The maximum Gasteiger partial charge on any atom is 0.307 e. The number of nitrogens with zero attached hydrogens (tertiary/aromatic N) is 2. The minimum absolute atomic E-state index is 0.117. The van der Waals surface area contributed by atoms with Crippen molar-refractivity contribution in [3.63, 3.8) is 0 Å². The first-order valence-electron chi connectivity index (χ1n) is 11.7. The summed E-state index contributed by atoms with van der Waals surface area (Å²) in [7, 11) is 3.21. The lowest BCUT2D eigenvalue weighted by Crippen LogP contribution is -2.29. The van der Waals surface area contributed by atoms with E-state index in [1.54, 1.807) is 21.1 Å². The van der Waals surface area contributed by atoms with E-state index in [0.717, 1.165) is 22.6 Å². The molecule has 1 heterocycles. The van der Waals surface area contributed by atoms with Crippen LogP contribution in [0.15, 0.2) is 54.6 Å². The van der Waals surface area contributed by atoms with Crippen LogP contribution in [0.5, 0.6) is 11.5 Å². The minimum Gasteiger partial charge on any atom is -0.497 e. The fourth-order valence-corrected chi connectivity index (χ4v) is 3.66. The van der Waals surface area contributed by atoms with Gasteiger partial charge in [-0.05, 0) is 43.7 Å². The molecule has 9 nitrogen and oxygen atoms in total. The average Bonchev–Trinajstić information content (AvgIpc) is 2.88. The number of aryl methyl sites for hydroxylation is 1. The normalized spacial score (nSPS) is 11.3. The SMILES string of the molecule is CCOC(=O)CCNC(=O)CC(Nc1cc(-c2cccc(OC)c2)nc(C)n1)c1cccc(OC)c1. The second-order valence-corrected chi connectivity index (χ2v) is 8.00. The van der Waals surface area contributed by atoms with Gasteiger partial charge in [0.1, 0.15) is 23.1 Å². The Morgan fingerprint density at radius 3 is 2.42 bits per heavy atom. The molecule has 1 atom stereocenters. The number of hydrogen-bond acceptors (Lipinski definition) is 8. The molecule has 36 heavy (non-hydrogen) atoms. The summed E-state index contributed by atoms with van der Waals surface area (Å²) < 4.78 is 15.6. The van der Waals surface area contributed by atoms with Crippen molar-refractivity contribution in [2.45, 2.75) is 32.7 Å². The van der Waals surface area contributed by atoms with Gasteiger partial charge in [-0.1, -0.05) is 24.3 Å². The number of esters is 1. The van der Waals surface area contributed by atoms with Gasteiger partial charge in [-0.3, -0.25) is 9.59 Å². The lowest BCUT2D eigenvalue weighted by atomic mass is 10.0. The molecular formula is C27H32N4O5. The maximum atomic E-state index is 12.8. The lowest BCUT2D eigenvalue weighted by Gasteiger charge is -2.21. The number of nitrogens with one attached hydrogen (secondary N) is 2. The topological polar surface area (TPSA) is 112 Å². The highest BCUT2D eigenvalue weighted by atomic mass is 16.5. The second kappa shape index (κ2) is 13.1. The molecule has 0 fully saturated rings. The molecule has 0 bridgehead atoms. The molecule has 2 N–H and O–H groups in total. The predicted molar refractivity (Wildman–Crippen MR) is 137 cm³/mol. The molecule has 3 rings (SSSR count). The maximum absolute atomic E-state index is 12.8. The Morgan fingerprint density at radius 2 is 1.69 bits per heavy atom. The van der Waals surface area contributed by atoms with Crippen LogP contribution in [0.1, 0.15) is 37.2 Å². The second-order valence-electron chi connectivity index (χ2n) is 8.00. The quantitative estimate of drug-likeness (QED) is 0.364. The van der Waals surface area contributed by atoms with Crippen molar-refractivity contribution in [1.29, 1.82) is 0 Å². The van der Waals surface area contributed by atoms with E-state index in [0.29, 0.717) is 24.0 Å². The molecule has 1 unspecified atom stereocenters. The summed E-state index contributed by atoms with van der Waals surface area (Å²) in [4.78, 5) is 33.5. The fourth-order valence-electron chi connectivity index (χ4n) is 3.66. The molecule has 0 aliphatic rings. The lowest BCUT2D eigenvalue weighted by molar-refractivity contribution is -0.143. The first-order valence-corrected chi connectivity index (χ1v) is 11.7. The van der Waals surface area contributed by atoms with Crippen LogP contribution in [0.2, 0.25) is 0 Å². The van der Waals surface area contributed by atoms with Crippen LogP contribution in [0.4, 0.5) is 5.82 Å². The van der Waals surface area contributed by atoms with Gasteiger partial charge in [0.05, 0.1) is 45.4 Å². The molecule has 1 amide bonds. The van der Waals surface area contributed by atoms with Gasteiger partial charge in [-0.2, -0.15) is 0 Å². The molecule has 0 aliphatic carbocycles. The van der Waals surface area contributed by atoms with Crippen molar-refractivity contribution in [3.8, 4) is 22.8 Å². The fraction of sp³-hybridized carbons (Fsp3) is 0.333. The van der Waals surface area contributed by atoms with Crippen molar-refractivity contribution >= 4 is 17.7 Å². The summed E-state index contributed by atoms with van der Waals surface area (Å²) >= 11 is 0. The van der Waals surface area contributed by atoms with E-state index < -0.39 is 6.04 Å². The summed E-state index contributed by atoms with van der Waals surface area (Å²) in [5.41, 5.74) is 2.47. The first kappa shape index (κ1) is 26.5. The van der Waals surface area contributed by atoms with E-state index in [4.69, 9.17) is 14.2 Å². The van der Waals surface area contributed by atoms with Gasteiger partial charge in [0, 0.05) is 18.2 Å². The van der Waals surface area contributed by atoms with Crippen molar-refractivity contribution in [1.82, 2.24) is 15.3 Å². The van der Waals surface area contributed by atoms with E-state index in [9.17, 15) is 9.59 Å². The number of ether oxygens (including phenoxy) is 3. The van der Waals surface area contributed by atoms with Gasteiger partial charge in [0.2, 0.25) is 5.91 Å². The number of hydrogen-bond donors (Lipinski definition) is 2. The first-order chi connectivity index (χ1) is 17.4. The predicted octanol–water partition coefficient (Wildman–Crippen LogP) is 4.08. The number of carbonyl (C=O) groups is 2. The molecule has 0 spiro atoms. The van der Waals surface area contributed by atoms with Crippen LogP contribution >= 0.6 is 0 Å². The van der Waals surface area contributed by atoms with Crippen molar-refractivity contribution < 1.29 is 23.8 Å². The number of aromatic nitrogens is 2. The van der Waals surface area contributed by atoms with E-state index in [1.807, 2.05) is 61.5 Å². The molecule has 1 aromatic heterocycles. The highest BCUT2D eigenvalue weighted by Gasteiger charge is 2.19. The summed E-state index contributed by atoms with van der Waals surface area (Å²) in [6.07, 6.45) is 0.235. The number of amides is 1. The van der Waals surface area contributed by atoms with Crippen LogP contribution in [0.25, 0.3) is 11.3 Å². The van der Waals surface area contributed by atoms with E-state index >= 15 is 0 Å². The average molecular weight is 493 g/mol. The molecule has 2 aromatic carbocycles. The van der Waals surface area contributed by atoms with E-state index in [1.165, 1.54) is 0 Å². The summed E-state index contributed by atoms with van der Waals surface area (Å²) in [6, 6.07) is 16.6. The number of carbonyl (C=O) groups excluding carboxylic acids is 2. The van der Waals surface area contributed by atoms with E-state index in [-0.39, 0.29) is 31.3 Å². The number of rotatable bonds is 12. The number of benzene rings is 2. The smallest absolute Gasteiger partial charge is 0.307 e. The molecule has 0 saturated heterocycles. The highest BCUT2D eigenvalue weighted by Crippen LogP contribution is 2.28. The Hall–Kier alpha value is -4.14. The molecule has 0 saturated carbocycles. The van der Waals surface area contributed by atoms with Gasteiger partial charge in [0.15, 0.2) is 0 Å². The monoisotopic (exact) mass is 492 g/mol. The van der Waals surface area contributed by atoms with Crippen molar-refractivity contribution in [2.24, 2.45) is 0 Å². The zero-order chi connectivity index (χ0) is 25.9. The summed E-state index contributed by atoms with van der Waals surface area (Å²) in [5.74, 6) is 2.01.